The number of nitrogens with one attached hydrogen (secondary N) is 2. The number of ether oxygens (including phenoxy) is 1. The summed E-state index contributed by atoms with van der Waals surface area (Å²) in [5, 5.41) is 17.6. The molecule has 0 atom stereocenters. The molecule has 1 aromatic heterocycles. The van der Waals surface area contributed by atoms with E-state index in [0.29, 0.717) is 11.4 Å². The van der Waals surface area contributed by atoms with Crippen LogP contribution in [0.5, 0.6) is 5.75 Å². The Morgan fingerprint density at radius 3 is 2.46 bits per heavy atom. The quantitative estimate of drug-likeness (QED) is 0.451. The fourth-order valence-electron chi connectivity index (χ4n) is 2.72. The number of nitrogens with zero attached hydrogens (tertiary/aromatic N) is 3. The minimum absolute atomic E-state index is 0.110. The average molecular weight is 379 g/mol. The number of hydrogen-bond acceptors (Lipinski definition) is 7. The molecule has 0 aliphatic carbocycles. The topological polar surface area (TPSA) is 102 Å². The van der Waals surface area contributed by atoms with Crippen molar-refractivity contribution in [2.75, 3.05) is 17.7 Å². The van der Waals surface area contributed by atoms with Crippen molar-refractivity contribution in [3.05, 3.63) is 69.9 Å². The first-order chi connectivity index (χ1) is 13.5. The number of rotatable bonds is 7. The highest BCUT2D eigenvalue weighted by atomic mass is 16.6. The summed E-state index contributed by atoms with van der Waals surface area (Å²) < 4.78 is 5.20. The van der Waals surface area contributed by atoms with Gasteiger partial charge in [0.2, 0.25) is 11.8 Å². The zero-order valence-electron chi connectivity index (χ0n) is 15.9. The second-order valence-corrected chi connectivity index (χ2v) is 6.12. The van der Waals surface area contributed by atoms with Crippen molar-refractivity contribution < 1.29 is 9.66 Å². The minimum atomic E-state index is -0.488. The predicted octanol–water partition coefficient (Wildman–Crippen LogP) is 4.75. The smallest absolute Gasteiger partial charge is 0.332 e. The molecular weight excluding hydrogens is 358 g/mol. The summed E-state index contributed by atoms with van der Waals surface area (Å²) in [7, 11) is 1.56. The molecule has 8 nitrogen and oxygen atoms in total. The van der Waals surface area contributed by atoms with Gasteiger partial charge in [-0.05, 0) is 43.2 Å². The second kappa shape index (κ2) is 8.34. The Bertz CT molecular complexity index is 990. The second-order valence-electron chi connectivity index (χ2n) is 6.12. The van der Waals surface area contributed by atoms with Crippen LogP contribution in [-0.2, 0) is 6.42 Å². The lowest BCUT2D eigenvalue weighted by molar-refractivity contribution is -0.385. The van der Waals surface area contributed by atoms with Crippen LogP contribution >= 0.6 is 0 Å². The third-order valence-electron chi connectivity index (χ3n) is 4.19. The van der Waals surface area contributed by atoms with Crippen LogP contribution in [-0.4, -0.2) is 22.0 Å². The Balaban J connectivity index is 1.95. The normalized spacial score (nSPS) is 10.4. The molecule has 144 valence electrons. The molecular formula is C20H21N5O3. The van der Waals surface area contributed by atoms with Crippen molar-refractivity contribution in [2.24, 2.45) is 0 Å². The lowest BCUT2D eigenvalue weighted by Gasteiger charge is -2.12. The molecule has 8 heteroatoms. The van der Waals surface area contributed by atoms with Crippen molar-refractivity contribution in [1.29, 1.82) is 0 Å². The number of hydrogen-bond donors (Lipinski definition) is 2. The number of aryl methyl sites for hydroxylation is 2. The molecule has 0 spiro atoms. The number of aromatic nitrogens is 2. The molecule has 0 aliphatic rings. The van der Waals surface area contributed by atoms with E-state index in [2.05, 4.69) is 27.5 Å². The summed E-state index contributed by atoms with van der Waals surface area (Å²) in [6, 6.07) is 15.0. The molecule has 0 saturated carbocycles. The van der Waals surface area contributed by atoms with Gasteiger partial charge in [-0.25, -0.2) is 4.98 Å². The predicted molar refractivity (Wildman–Crippen MR) is 109 cm³/mol. The van der Waals surface area contributed by atoms with Crippen LogP contribution in [0.3, 0.4) is 0 Å². The Hall–Kier alpha value is -3.68. The maximum Gasteiger partial charge on any atom is 0.332 e. The van der Waals surface area contributed by atoms with Gasteiger partial charge in [-0.3, -0.25) is 10.1 Å². The van der Waals surface area contributed by atoms with E-state index in [0.717, 1.165) is 12.1 Å². The van der Waals surface area contributed by atoms with Crippen molar-refractivity contribution in [1.82, 2.24) is 9.97 Å². The highest BCUT2D eigenvalue weighted by Gasteiger charge is 2.22. The van der Waals surface area contributed by atoms with E-state index in [1.165, 1.54) is 5.56 Å². The number of benzene rings is 2. The Morgan fingerprint density at radius 2 is 1.82 bits per heavy atom. The summed E-state index contributed by atoms with van der Waals surface area (Å²) in [5.74, 6) is 1.02. The average Bonchev–Trinajstić information content (AvgIpc) is 2.68. The molecule has 0 radical (unpaired) electrons. The van der Waals surface area contributed by atoms with Crippen LogP contribution in [0.1, 0.15) is 18.2 Å². The van der Waals surface area contributed by atoms with E-state index in [4.69, 9.17) is 4.74 Å². The van der Waals surface area contributed by atoms with E-state index in [1.54, 1.807) is 38.3 Å². The number of anilines is 4. The summed E-state index contributed by atoms with van der Waals surface area (Å²) in [5.41, 5.74) is 2.73. The van der Waals surface area contributed by atoms with Crippen LogP contribution in [0, 0.1) is 17.0 Å². The van der Waals surface area contributed by atoms with Gasteiger partial charge >= 0.3 is 5.69 Å². The molecule has 28 heavy (non-hydrogen) atoms. The summed E-state index contributed by atoms with van der Waals surface area (Å²) >= 11 is 0. The molecule has 0 unspecified atom stereocenters. The van der Waals surface area contributed by atoms with Crippen LogP contribution in [0.15, 0.2) is 48.5 Å². The highest BCUT2D eigenvalue weighted by Crippen LogP contribution is 2.31. The summed E-state index contributed by atoms with van der Waals surface area (Å²) in [6.07, 6.45) is 0.946. The largest absolute Gasteiger partial charge is 0.497 e. The molecule has 2 aromatic carbocycles. The van der Waals surface area contributed by atoms with Gasteiger partial charge in [0.25, 0.3) is 0 Å². The lowest BCUT2D eigenvalue weighted by atomic mass is 10.1. The number of methoxy groups -OCH3 is 1. The van der Waals surface area contributed by atoms with E-state index < -0.39 is 4.92 Å². The van der Waals surface area contributed by atoms with E-state index in [9.17, 15) is 10.1 Å². The maximum atomic E-state index is 11.5. The molecule has 0 amide bonds. The first kappa shape index (κ1) is 19.1. The first-order valence-electron chi connectivity index (χ1n) is 8.80. The zero-order valence-corrected chi connectivity index (χ0v) is 15.9. The molecule has 0 saturated heterocycles. The molecule has 1 heterocycles. The van der Waals surface area contributed by atoms with Gasteiger partial charge in [0.15, 0.2) is 0 Å². The lowest BCUT2D eigenvalue weighted by Crippen LogP contribution is -2.07. The SMILES string of the molecule is CCc1ccc(Nc2nc(C)c([N+](=O)[O-])c(Nc3cccc(OC)c3)n2)cc1. The zero-order chi connectivity index (χ0) is 20.1. The van der Waals surface area contributed by atoms with E-state index >= 15 is 0 Å². The van der Waals surface area contributed by atoms with Gasteiger partial charge in [-0.2, -0.15) is 4.98 Å². The van der Waals surface area contributed by atoms with Crippen molar-refractivity contribution in [3.8, 4) is 5.75 Å². The third kappa shape index (κ3) is 4.35. The van der Waals surface area contributed by atoms with Gasteiger partial charge < -0.3 is 15.4 Å². The van der Waals surface area contributed by atoms with Gasteiger partial charge in [0, 0.05) is 17.4 Å². The first-order valence-corrected chi connectivity index (χ1v) is 8.80. The summed E-state index contributed by atoms with van der Waals surface area (Å²) in [4.78, 5) is 19.6. The Morgan fingerprint density at radius 1 is 1.07 bits per heavy atom. The van der Waals surface area contributed by atoms with Gasteiger partial charge in [-0.15, -0.1) is 0 Å². The van der Waals surface area contributed by atoms with Crippen LogP contribution in [0.25, 0.3) is 0 Å². The monoisotopic (exact) mass is 379 g/mol. The fraction of sp³-hybridized carbons (Fsp3) is 0.200. The number of nitro groups is 1. The van der Waals surface area contributed by atoms with Crippen molar-refractivity contribution in [2.45, 2.75) is 20.3 Å². The van der Waals surface area contributed by atoms with Crippen LogP contribution < -0.4 is 15.4 Å². The van der Waals surface area contributed by atoms with Crippen molar-refractivity contribution in [3.63, 3.8) is 0 Å². The Kier molecular flexibility index (Phi) is 5.69. The van der Waals surface area contributed by atoms with Crippen LogP contribution in [0.4, 0.5) is 28.8 Å². The molecule has 2 N–H and O–H groups in total. The molecule has 3 aromatic rings. The van der Waals surface area contributed by atoms with Crippen molar-refractivity contribution >= 4 is 28.8 Å². The highest BCUT2D eigenvalue weighted by molar-refractivity contribution is 5.70. The van der Waals surface area contributed by atoms with E-state index in [-0.39, 0.29) is 23.1 Å². The Labute approximate surface area is 162 Å². The maximum absolute atomic E-state index is 11.5. The standard InChI is InChI=1S/C20H21N5O3/c1-4-14-8-10-15(11-9-14)23-20-21-13(2)18(25(26)27)19(24-20)22-16-6-5-7-17(12-16)28-3/h5-12H,4H2,1-3H3,(H2,21,22,23,24). The van der Waals surface area contributed by atoms with Gasteiger partial charge in [0.05, 0.1) is 12.0 Å². The molecule has 3 rings (SSSR count). The molecule has 0 bridgehead atoms. The van der Waals surface area contributed by atoms with Gasteiger partial charge in [0.1, 0.15) is 11.4 Å². The van der Waals surface area contributed by atoms with Gasteiger partial charge in [-0.1, -0.05) is 25.1 Å². The summed E-state index contributed by atoms with van der Waals surface area (Å²) in [6.45, 7) is 3.67. The fourth-order valence-corrected chi connectivity index (χ4v) is 2.72. The third-order valence-corrected chi connectivity index (χ3v) is 4.19. The molecule has 0 aliphatic heterocycles. The van der Waals surface area contributed by atoms with E-state index in [1.807, 2.05) is 24.3 Å². The van der Waals surface area contributed by atoms with Crippen LogP contribution in [0.2, 0.25) is 0 Å². The minimum Gasteiger partial charge on any atom is -0.497 e. The molecule has 0 fully saturated rings.